The van der Waals surface area contributed by atoms with Crippen molar-refractivity contribution in [3.05, 3.63) is 36.4 Å². The van der Waals surface area contributed by atoms with Gasteiger partial charge in [-0.05, 0) is 48.9 Å². The monoisotopic (exact) mass is 367 g/mol. The number of sulfonamides is 1. The first kappa shape index (κ1) is 19.7. The van der Waals surface area contributed by atoms with Crippen molar-refractivity contribution in [2.24, 2.45) is 0 Å². The van der Waals surface area contributed by atoms with Crippen LogP contribution in [0.25, 0.3) is 10.8 Å². The van der Waals surface area contributed by atoms with E-state index in [0.29, 0.717) is 26.4 Å². The van der Waals surface area contributed by atoms with Gasteiger partial charge in [-0.2, -0.15) is 4.31 Å². The Morgan fingerprint density at radius 3 is 2.08 bits per heavy atom. The molecule has 138 valence electrons. The van der Waals surface area contributed by atoms with Gasteiger partial charge in [0.15, 0.2) is 0 Å². The maximum atomic E-state index is 13.0. The quantitative estimate of drug-likeness (QED) is 0.653. The first-order valence-corrected chi connectivity index (χ1v) is 9.81. The molecule has 0 aromatic heterocycles. The molecule has 0 aliphatic carbocycles. The third-order valence-electron chi connectivity index (χ3n) is 3.81. The van der Waals surface area contributed by atoms with Gasteiger partial charge in [-0.3, -0.25) is 0 Å². The third kappa shape index (κ3) is 5.15. The summed E-state index contributed by atoms with van der Waals surface area (Å²) >= 11 is 0. The van der Waals surface area contributed by atoms with Gasteiger partial charge in [-0.1, -0.05) is 12.1 Å². The molecular weight excluding hydrogens is 342 g/mol. The van der Waals surface area contributed by atoms with Crippen molar-refractivity contribution in [2.45, 2.75) is 18.7 Å². The maximum absolute atomic E-state index is 13.0. The van der Waals surface area contributed by atoms with E-state index in [1.54, 1.807) is 36.4 Å². The SMILES string of the molecule is CCOCCN(CCOCC)S(=O)(=O)c1ccc2cc(O)ccc2c1. The molecule has 0 spiro atoms. The van der Waals surface area contributed by atoms with Crippen LogP contribution in [0.15, 0.2) is 41.3 Å². The molecule has 0 aliphatic heterocycles. The van der Waals surface area contributed by atoms with Gasteiger partial charge in [0.1, 0.15) is 5.75 Å². The summed E-state index contributed by atoms with van der Waals surface area (Å²) in [6, 6.07) is 9.73. The molecule has 2 aromatic rings. The van der Waals surface area contributed by atoms with Crippen LogP contribution in [0, 0.1) is 0 Å². The predicted molar refractivity (Wildman–Crippen MR) is 97.4 cm³/mol. The molecule has 0 saturated heterocycles. The zero-order chi connectivity index (χ0) is 18.3. The second kappa shape index (κ2) is 9.15. The van der Waals surface area contributed by atoms with Crippen LogP contribution in [0.3, 0.4) is 0 Å². The summed E-state index contributed by atoms with van der Waals surface area (Å²) in [5, 5.41) is 11.1. The topological polar surface area (TPSA) is 76.1 Å². The Hall–Kier alpha value is -1.67. The molecule has 2 aromatic carbocycles. The van der Waals surface area contributed by atoms with Crippen molar-refractivity contribution in [3.63, 3.8) is 0 Å². The molecule has 0 amide bonds. The summed E-state index contributed by atoms with van der Waals surface area (Å²) in [5.74, 6) is 0.151. The van der Waals surface area contributed by atoms with E-state index < -0.39 is 10.0 Å². The van der Waals surface area contributed by atoms with Crippen LogP contribution in [0.4, 0.5) is 0 Å². The average molecular weight is 367 g/mol. The smallest absolute Gasteiger partial charge is 0.243 e. The van der Waals surface area contributed by atoms with Crippen LogP contribution in [0.2, 0.25) is 0 Å². The standard InChI is InChI=1S/C18H25NO5S/c1-3-23-11-9-19(10-12-24-4-2)25(21,22)18-8-6-15-13-17(20)7-5-16(15)14-18/h5-8,13-14,20H,3-4,9-12H2,1-2H3. The Morgan fingerprint density at radius 1 is 0.920 bits per heavy atom. The second-order valence-electron chi connectivity index (χ2n) is 5.49. The van der Waals surface area contributed by atoms with E-state index in [2.05, 4.69) is 0 Å². The molecule has 1 N–H and O–H groups in total. The maximum Gasteiger partial charge on any atom is 0.243 e. The number of aromatic hydroxyl groups is 1. The van der Waals surface area contributed by atoms with Crippen LogP contribution < -0.4 is 0 Å². The summed E-state index contributed by atoms with van der Waals surface area (Å²) in [4.78, 5) is 0.221. The molecule has 6 nitrogen and oxygen atoms in total. The van der Waals surface area contributed by atoms with Crippen molar-refractivity contribution in [1.29, 1.82) is 0 Å². The van der Waals surface area contributed by atoms with Crippen LogP contribution in [-0.2, 0) is 19.5 Å². The minimum absolute atomic E-state index is 0.151. The first-order chi connectivity index (χ1) is 12.0. The third-order valence-corrected chi connectivity index (χ3v) is 5.71. The molecule has 2 rings (SSSR count). The van der Waals surface area contributed by atoms with Crippen LogP contribution >= 0.6 is 0 Å². The van der Waals surface area contributed by atoms with E-state index in [1.807, 2.05) is 13.8 Å². The summed E-state index contributed by atoms with van der Waals surface area (Å²) < 4.78 is 38.0. The van der Waals surface area contributed by atoms with Gasteiger partial charge in [0, 0.05) is 26.3 Å². The normalized spacial score (nSPS) is 12.1. The molecule has 0 saturated carbocycles. The van der Waals surface area contributed by atoms with Crippen molar-refractivity contribution >= 4 is 20.8 Å². The molecule has 0 aliphatic rings. The van der Waals surface area contributed by atoms with Crippen molar-refractivity contribution in [3.8, 4) is 5.75 Å². The minimum atomic E-state index is -3.65. The van der Waals surface area contributed by atoms with E-state index in [0.717, 1.165) is 10.8 Å². The zero-order valence-corrected chi connectivity index (χ0v) is 15.5. The fourth-order valence-corrected chi connectivity index (χ4v) is 3.94. The van der Waals surface area contributed by atoms with Gasteiger partial charge in [0.25, 0.3) is 0 Å². The van der Waals surface area contributed by atoms with E-state index in [4.69, 9.17) is 9.47 Å². The number of hydrogen-bond acceptors (Lipinski definition) is 5. The van der Waals surface area contributed by atoms with Crippen molar-refractivity contribution in [2.75, 3.05) is 39.5 Å². The van der Waals surface area contributed by atoms with Gasteiger partial charge in [-0.15, -0.1) is 0 Å². The van der Waals surface area contributed by atoms with Crippen molar-refractivity contribution < 1.29 is 23.0 Å². The van der Waals surface area contributed by atoms with E-state index in [9.17, 15) is 13.5 Å². The minimum Gasteiger partial charge on any atom is -0.508 e. The van der Waals surface area contributed by atoms with Crippen LogP contribution in [0.1, 0.15) is 13.8 Å². The van der Waals surface area contributed by atoms with Gasteiger partial charge >= 0.3 is 0 Å². The van der Waals surface area contributed by atoms with Crippen molar-refractivity contribution in [1.82, 2.24) is 4.31 Å². The molecule has 0 unspecified atom stereocenters. The molecule has 7 heteroatoms. The predicted octanol–water partition coefficient (Wildman–Crippen LogP) is 2.61. The highest BCUT2D eigenvalue weighted by Crippen LogP contribution is 2.24. The van der Waals surface area contributed by atoms with Gasteiger partial charge in [-0.25, -0.2) is 8.42 Å². The van der Waals surface area contributed by atoms with Crippen LogP contribution in [0.5, 0.6) is 5.75 Å². The van der Waals surface area contributed by atoms with E-state index in [-0.39, 0.29) is 23.7 Å². The second-order valence-corrected chi connectivity index (χ2v) is 7.43. The highest BCUT2D eigenvalue weighted by molar-refractivity contribution is 7.89. The fraction of sp³-hybridized carbons (Fsp3) is 0.444. The lowest BCUT2D eigenvalue weighted by Crippen LogP contribution is -2.36. The Kier molecular flexibility index (Phi) is 7.19. The van der Waals surface area contributed by atoms with Crippen LogP contribution in [-0.4, -0.2) is 57.3 Å². The lowest BCUT2D eigenvalue weighted by molar-refractivity contribution is 0.110. The summed E-state index contributed by atoms with van der Waals surface area (Å²) in [5.41, 5.74) is 0. The number of rotatable bonds is 10. The Morgan fingerprint density at radius 2 is 1.48 bits per heavy atom. The molecule has 0 bridgehead atoms. The zero-order valence-electron chi connectivity index (χ0n) is 14.6. The first-order valence-electron chi connectivity index (χ1n) is 8.37. The largest absolute Gasteiger partial charge is 0.508 e. The average Bonchev–Trinajstić information content (AvgIpc) is 2.60. The molecular formula is C18H25NO5S. The number of nitrogens with zero attached hydrogens (tertiary/aromatic N) is 1. The Balaban J connectivity index is 2.28. The van der Waals surface area contributed by atoms with Gasteiger partial charge in [0.05, 0.1) is 18.1 Å². The number of benzene rings is 2. The number of phenols is 1. The van der Waals surface area contributed by atoms with Gasteiger partial charge < -0.3 is 14.6 Å². The molecule has 0 atom stereocenters. The summed E-state index contributed by atoms with van der Waals surface area (Å²) in [6.07, 6.45) is 0. The molecule has 0 radical (unpaired) electrons. The lowest BCUT2D eigenvalue weighted by atomic mass is 10.1. The highest BCUT2D eigenvalue weighted by Gasteiger charge is 2.24. The Labute approximate surface area is 149 Å². The molecule has 0 heterocycles. The Bertz CT molecular complexity index is 781. The summed E-state index contributed by atoms with van der Waals surface area (Å²) in [7, 11) is -3.65. The number of fused-ring (bicyclic) bond motifs is 1. The highest BCUT2D eigenvalue weighted by atomic mass is 32.2. The van der Waals surface area contributed by atoms with E-state index >= 15 is 0 Å². The lowest BCUT2D eigenvalue weighted by Gasteiger charge is -2.22. The number of hydrogen-bond donors (Lipinski definition) is 1. The number of ether oxygens (including phenoxy) is 2. The van der Waals surface area contributed by atoms with Gasteiger partial charge in [0.2, 0.25) is 10.0 Å². The molecule has 25 heavy (non-hydrogen) atoms. The molecule has 0 fully saturated rings. The van der Waals surface area contributed by atoms with E-state index in [1.165, 1.54) is 4.31 Å². The summed E-state index contributed by atoms with van der Waals surface area (Å²) in [6.45, 7) is 6.05. The number of phenolic OH excluding ortho intramolecular Hbond substituents is 1. The fourth-order valence-electron chi connectivity index (χ4n) is 2.49.